The zero-order chi connectivity index (χ0) is 11.5. The van der Waals surface area contributed by atoms with Crippen molar-refractivity contribution in [2.24, 2.45) is 0 Å². The van der Waals surface area contributed by atoms with Crippen LogP contribution in [0, 0.1) is 11.3 Å². The molecule has 0 aliphatic carbocycles. The number of hydrogen-bond donors (Lipinski definition) is 0. The molecule has 1 aromatic heterocycles. The summed E-state index contributed by atoms with van der Waals surface area (Å²) < 4.78 is 0. The van der Waals surface area contributed by atoms with Gasteiger partial charge in [0.1, 0.15) is 6.07 Å². The summed E-state index contributed by atoms with van der Waals surface area (Å²) in [6.45, 7) is 0. The van der Waals surface area contributed by atoms with Crippen molar-refractivity contribution in [3.8, 4) is 17.2 Å². The van der Waals surface area contributed by atoms with Crippen LogP contribution in [0.5, 0.6) is 0 Å². The van der Waals surface area contributed by atoms with E-state index in [2.05, 4.69) is 4.98 Å². The summed E-state index contributed by atoms with van der Waals surface area (Å²) in [6.07, 6.45) is 3.03. The molecule has 0 saturated heterocycles. The van der Waals surface area contributed by atoms with Gasteiger partial charge in [0, 0.05) is 28.5 Å². The quantitative estimate of drug-likeness (QED) is 0.767. The topological polar surface area (TPSA) is 36.7 Å². The van der Waals surface area contributed by atoms with Crippen LogP contribution >= 0.6 is 23.2 Å². The van der Waals surface area contributed by atoms with Gasteiger partial charge in [-0.3, -0.25) is 4.98 Å². The molecule has 0 saturated carbocycles. The first kappa shape index (κ1) is 10.9. The van der Waals surface area contributed by atoms with Gasteiger partial charge in [-0.2, -0.15) is 5.26 Å². The second-order valence-corrected chi connectivity index (χ2v) is 3.93. The van der Waals surface area contributed by atoms with Crippen LogP contribution in [0.3, 0.4) is 0 Å². The Balaban J connectivity index is 2.67. The van der Waals surface area contributed by atoms with Gasteiger partial charge in [-0.1, -0.05) is 41.4 Å². The molecule has 0 N–H and O–H groups in total. The van der Waals surface area contributed by atoms with Crippen LogP contribution in [-0.2, 0) is 0 Å². The third-order valence-corrected chi connectivity index (χ3v) is 2.90. The molecule has 0 bridgehead atoms. The molecule has 0 atom stereocenters. The molecular weight excluding hydrogens is 243 g/mol. The van der Waals surface area contributed by atoms with E-state index < -0.39 is 0 Å². The van der Waals surface area contributed by atoms with Crippen molar-refractivity contribution in [3.05, 3.63) is 52.3 Å². The van der Waals surface area contributed by atoms with Gasteiger partial charge in [0.15, 0.2) is 0 Å². The lowest BCUT2D eigenvalue weighted by molar-refractivity contribution is 1.30. The minimum Gasteiger partial charge on any atom is -0.263 e. The lowest BCUT2D eigenvalue weighted by Crippen LogP contribution is -1.87. The zero-order valence-electron chi connectivity index (χ0n) is 8.11. The summed E-state index contributed by atoms with van der Waals surface area (Å²) in [5.41, 5.74) is 1.80. The number of nitriles is 1. The highest BCUT2D eigenvalue weighted by molar-refractivity contribution is 6.37. The van der Waals surface area contributed by atoms with Crippen molar-refractivity contribution in [3.63, 3.8) is 0 Å². The first-order chi connectivity index (χ1) is 7.74. The molecule has 4 heteroatoms. The van der Waals surface area contributed by atoms with E-state index >= 15 is 0 Å². The second-order valence-electron chi connectivity index (χ2n) is 3.14. The number of rotatable bonds is 1. The molecule has 1 heterocycles. The van der Waals surface area contributed by atoms with Crippen LogP contribution in [0.1, 0.15) is 5.56 Å². The number of benzene rings is 1. The minimum absolute atomic E-state index is 0.346. The Morgan fingerprint density at radius 1 is 1.06 bits per heavy atom. The molecule has 0 spiro atoms. The van der Waals surface area contributed by atoms with Gasteiger partial charge in [0.05, 0.1) is 10.6 Å². The lowest BCUT2D eigenvalue weighted by Gasteiger charge is -2.06. The van der Waals surface area contributed by atoms with E-state index in [-0.39, 0.29) is 0 Å². The van der Waals surface area contributed by atoms with E-state index in [9.17, 15) is 0 Å². The van der Waals surface area contributed by atoms with Gasteiger partial charge in [0.2, 0.25) is 0 Å². The Labute approximate surface area is 103 Å². The summed E-state index contributed by atoms with van der Waals surface area (Å²) in [7, 11) is 0. The van der Waals surface area contributed by atoms with Crippen molar-refractivity contribution in [1.82, 2.24) is 4.98 Å². The molecular formula is C12H6Cl2N2. The molecule has 78 valence electrons. The molecule has 0 aliphatic rings. The van der Waals surface area contributed by atoms with Crippen molar-refractivity contribution in [1.29, 1.82) is 5.26 Å². The highest BCUT2D eigenvalue weighted by Gasteiger charge is 2.10. The molecule has 0 amide bonds. The number of aromatic nitrogens is 1. The Bertz CT molecular complexity index is 573. The van der Waals surface area contributed by atoms with E-state index in [0.717, 1.165) is 5.56 Å². The van der Waals surface area contributed by atoms with Crippen molar-refractivity contribution < 1.29 is 0 Å². The zero-order valence-corrected chi connectivity index (χ0v) is 9.63. The minimum atomic E-state index is 0.346. The van der Waals surface area contributed by atoms with Crippen LogP contribution in [-0.4, -0.2) is 4.98 Å². The molecule has 16 heavy (non-hydrogen) atoms. The SMILES string of the molecule is N#Cc1cncc(-c2ccccc2Cl)c1Cl. The smallest absolute Gasteiger partial charge is 0.102 e. The Morgan fingerprint density at radius 3 is 2.50 bits per heavy atom. The molecule has 0 fully saturated rings. The van der Waals surface area contributed by atoms with Gasteiger partial charge in [-0.05, 0) is 6.07 Å². The average molecular weight is 249 g/mol. The molecule has 0 radical (unpaired) electrons. The van der Waals surface area contributed by atoms with Crippen LogP contribution < -0.4 is 0 Å². The Morgan fingerprint density at radius 2 is 1.81 bits per heavy atom. The highest BCUT2D eigenvalue weighted by Crippen LogP contribution is 2.33. The maximum Gasteiger partial charge on any atom is 0.102 e. The fourth-order valence-corrected chi connectivity index (χ4v) is 1.87. The fraction of sp³-hybridized carbons (Fsp3) is 0. The lowest BCUT2D eigenvalue weighted by atomic mass is 10.1. The normalized spacial score (nSPS) is 9.81. The van der Waals surface area contributed by atoms with Gasteiger partial charge < -0.3 is 0 Å². The summed E-state index contributed by atoms with van der Waals surface area (Å²) in [5, 5.41) is 9.82. The molecule has 0 unspecified atom stereocenters. The van der Waals surface area contributed by atoms with Gasteiger partial charge >= 0.3 is 0 Å². The maximum absolute atomic E-state index is 8.85. The number of hydrogen-bond acceptors (Lipinski definition) is 2. The van der Waals surface area contributed by atoms with E-state index in [0.29, 0.717) is 21.2 Å². The standard InChI is InChI=1S/C12H6Cl2N2/c13-11-4-2-1-3-9(11)10-7-16-6-8(5-15)12(10)14/h1-4,6-7H. The van der Waals surface area contributed by atoms with Crippen LogP contribution in [0.15, 0.2) is 36.7 Å². The largest absolute Gasteiger partial charge is 0.263 e. The van der Waals surface area contributed by atoms with Crippen LogP contribution in [0.4, 0.5) is 0 Å². The third kappa shape index (κ3) is 1.88. The second kappa shape index (κ2) is 4.52. The summed E-state index contributed by atoms with van der Waals surface area (Å²) in [5.74, 6) is 0. The Hall–Kier alpha value is -1.56. The molecule has 0 aliphatic heterocycles. The van der Waals surface area contributed by atoms with E-state index in [4.69, 9.17) is 28.5 Å². The van der Waals surface area contributed by atoms with Crippen molar-refractivity contribution in [2.75, 3.05) is 0 Å². The number of halogens is 2. The summed E-state index contributed by atoms with van der Waals surface area (Å²) in [4.78, 5) is 3.97. The van der Waals surface area contributed by atoms with Crippen molar-refractivity contribution >= 4 is 23.2 Å². The van der Waals surface area contributed by atoms with E-state index in [1.165, 1.54) is 6.20 Å². The number of pyridine rings is 1. The van der Waals surface area contributed by atoms with E-state index in [1.807, 2.05) is 24.3 Å². The monoisotopic (exact) mass is 248 g/mol. The first-order valence-electron chi connectivity index (χ1n) is 4.52. The van der Waals surface area contributed by atoms with Gasteiger partial charge in [-0.15, -0.1) is 0 Å². The summed E-state index contributed by atoms with van der Waals surface area (Å²) >= 11 is 12.2. The maximum atomic E-state index is 8.85. The Kier molecular flexibility index (Phi) is 3.09. The fourth-order valence-electron chi connectivity index (χ4n) is 1.39. The predicted molar refractivity (Wildman–Crippen MR) is 64.4 cm³/mol. The third-order valence-electron chi connectivity index (χ3n) is 2.16. The van der Waals surface area contributed by atoms with Crippen LogP contribution in [0.2, 0.25) is 10.0 Å². The molecule has 1 aromatic carbocycles. The highest BCUT2D eigenvalue weighted by atomic mass is 35.5. The van der Waals surface area contributed by atoms with E-state index in [1.54, 1.807) is 12.3 Å². The number of nitrogens with zero attached hydrogens (tertiary/aromatic N) is 2. The molecule has 2 nitrogen and oxygen atoms in total. The first-order valence-corrected chi connectivity index (χ1v) is 5.28. The van der Waals surface area contributed by atoms with Gasteiger partial charge in [-0.25, -0.2) is 0 Å². The molecule has 2 rings (SSSR count). The van der Waals surface area contributed by atoms with Crippen LogP contribution in [0.25, 0.3) is 11.1 Å². The predicted octanol–water partition coefficient (Wildman–Crippen LogP) is 3.93. The van der Waals surface area contributed by atoms with Gasteiger partial charge in [0.25, 0.3) is 0 Å². The summed E-state index contributed by atoms with van der Waals surface area (Å²) in [6, 6.07) is 9.29. The average Bonchev–Trinajstić information content (AvgIpc) is 2.31. The molecule has 2 aromatic rings. The van der Waals surface area contributed by atoms with Crippen molar-refractivity contribution in [2.45, 2.75) is 0 Å².